The van der Waals surface area contributed by atoms with E-state index >= 15 is 0 Å². The standard InChI is InChI=1S/C15H19NO4/c1-3-20-11-6-4-5-10(7-11)9(2)16-14(17)12-8-13(12)15(18)19/h4-7,9,12-13H,3,8H2,1-2H3,(H,16,17)(H,18,19)/t9-,12-,13+/m0/s1. The van der Waals surface area contributed by atoms with E-state index in [0.717, 1.165) is 11.3 Å². The first-order chi connectivity index (χ1) is 9.52. The Morgan fingerprint density at radius 3 is 2.80 bits per heavy atom. The van der Waals surface area contributed by atoms with Crippen molar-refractivity contribution >= 4 is 11.9 Å². The third kappa shape index (κ3) is 3.29. The van der Waals surface area contributed by atoms with Crippen molar-refractivity contribution in [3.8, 4) is 5.75 Å². The first-order valence-electron chi connectivity index (χ1n) is 6.79. The fourth-order valence-electron chi connectivity index (χ4n) is 2.20. The van der Waals surface area contributed by atoms with Gasteiger partial charge in [-0.3, -0.25) is 9.59 Å². The van der Waals surface area contributed by atoms with Crippen molar-refractivity contribution in [2.45, 2.75) is 26.3 Å². The summed E-state index contributed by atoms with van der Waals surface area (Å²) in [6.07, 6.45) is 0.437. The van der Waals surface area contributed by atoms with E-state index in [1.807, 2.05) is 38.1 Å². The number of hydrogen-bond donors (Lipinski definition) is 2. The molecule has 0 unspecified atom stereocenters. The Morgan fingerprint density at radius 1 is 1.45 bits per heavy atom. The molecule has 0 aliphatic heterocycles. The van der Waals surface area contributed by atoms with Crippen LogP contribution in [0.2, 0.25) is 0 Å². The molecular weight excluding hydrogens is 258 g/mol. The molecule has 1 amide bonds. The van der Waals surface area contributed by atoms with Crippen LogP contribution in [0.4, 0.5) is 0 Å². The van der Waals surface area contributed by atoms with E-state index in [-0.39, 0.29) is 17.9 Å². The van der Waals surface area contributed by atoms with Crippen molar-refractivity contribution in [2.24, 2.45) is 11.8 Å². The predicted molar refractivity (Wildman–Crippen MR) is 73.4 cm³/mol. The fraction of sp³-hybridized carbons (Fsp3) is 0.467. The lowest BCUT2D eigenvalue weighted by atomic mass is 10.1. The molecule has 1 aromatic carbocycles. The van der Waals surface area contributed by atoms with Crippen LogP contribution < -0.4 is 10.1 Å². The highest BCUT2D eigenvalue weighted by Gasteiger charge is 2.48. The molecule has 2 N–H and O–H groups in total. The Bertz CT molecular complexity index is 514. The number of nitrogens with one attached hydrogen (secondary N) is 1. The number of hydrogen-bond acceptors (Lipinski definition) is 3. The average molecular weight is 277 g/mol. The minimum atomic E-state index is -0.892. The number of benzene rings is 1. The summed E-state index contributed by atoms with van der Waals surface area (Å²) < 4.78 is 5.42. The van der Waals surface area contributed by atoms with Crippen molar-refractivity contribution in [2.75, 3.05) is 6.61 Å². The summed E-state index contributed by atoms with van der Waals surface area (Å²) >= 11 is 0. The van der Waals surface area contributed by atoms with Crippen LogP contribution in [0.25, 0.3) is 0 Å². The number of carbonyl (C=O) groups is 2. The highest BCUT2D eigenvalue weighted by Crippen LogP contribution is 2.39. The second kappa shape index (κ2) is 5.94. The summed E-state index contributed by atoms with van der Waals surface area (Å²) in [5, 5.41) is 11.7. The third-order valence-electron chi connectivity index (χ3n) is 3.47. The van der Waals surface area contributed by atoms with Gasteiger partial charge in [-0.1, -0.05) is 12.1 Å². The predicted octanol–water partition coefficient (Wildman–Crippen LogP) is 1.98. The zero-order valence-electron chi connectivity index (χ0n) is 11.6. The maximum absolute atomic E-state index is 11.9. The number of ether oxygens (including phenoxy) is 1. The Kier molecular flexibility index (Phi) is 4.27. The molecule has 3 atom stereocenters. The Labute approximate surface area is 117 Å². The lowest BCUT2D eigenvalue weighted by Gasteiger charge is -2.15. The van der Waals surface area contributed by atoms with Gasteiger partial charge in [0.25, 0.3) is 0 Å². The first-order valence-corrected chi connectivity index (χ1v) is 6.79. The number of rotatable bonds is 6. The molecule has 0 aromatic heterocycles. The molecule has 0 bridgehead atoms. The second-order valence-corrected chi connectivity index (χ2v) is 5.02. The van der Waals surface area contributed by atoms with E-state index in [4.69, 9.17) is 9.84 Å². The van der Waals surface area contributed by atoms with Gasteiger partial charge in [0.15, 0.2) is 0 Å². The molecule has 1 aliphatic rings. The molecule has 1 saturated carbocycles. The molecule has 5 heteroatoms. The largest absolute Gasteiger partial charge is 0.494 e. The van der Waals surface area contributed by atoms with Gasteiger partial charge in [0, 0.05) is 0 Å². The molecule has 20 heavy (non-hydrogen) atoms. The smallest absolute Gasteiger partial charge is 0.307 e. The maximum Gasteiger partial charge on any atom is 0.307 e. The minimum Gasteiger partial charge on any atom is -0.494 e. The summed E-state index contributed by atoms with van der Waals surface area (Å²) in [6, 6.07) is 7.37. The highest BCUT2D eigenvalue weighted by atomic mass is 16.5. The quantitative estimate of drug-likeness (QED) is 0.833. The number of carboxylic acid groups (broad SMARTS) is 1. The lowest BCUT2D eigenvalue weighted by Crippen LogP contribution is -2.29. The van der Waals surface area contributed by atoms with E-state index in [9.17, 15) is 9.59 Å². The van der Waals surface area contributed by atoms with Crippen LogP contribution in [-0.2, 0) is 9.59 Å². The summed E-state index contributed by atoms with van der Waals surface area (Å²) in [7, 11) is 0. The summed E-state index contributed by atoms with van der Waals surface area (Å²) in [4.78, 5) is 22.7. The maximum atomic E-state index is 11.9. The van der Waals surface area contributed by atoms with E-state index in [0.29, 0.717) is 13.0 Å². The van der Waals surface area contributed by atoms with E-state index < -0.39 is 11.9 Å². The second-order valence-electron chi connectivity index (χ2n) is 5.02. The van der Waals surface area contributed by atoms with Gasteiger partial charge in [-0.05, 0) is 38.0 Å². The van der Waals surface area contributed by atoms with Crippen molar-refractivity contribution in [3.63, 3.8) is 0 Å². The van der Waals surface area contributed by atoms with Crippen molar-refractivity contribution in [3.05, 3.63) is 29.8 Å². The van der Waals surface area contributed by atoms with Crippen LogP contribution in [0.1, 0.15) is 31.9 Å². The van der Waals surface area contributed by atoms with Crippen molar-refractivity contribution in [1.82, 2.24) is 5.32 Å². The van der Waals surface area contributed by atoms with Crippen molar-refractivity contribution in [1.29, 1.82) is 0 Å². The Morgan fingerprint density at radius 2 is 2.20 bits per heavy atom. The molecular formula is C15H19NO4. The van der Waals surface area contributed by atoms with Gasteiger partial charge in [0.2, 0.25) is 5.91 Å². The van der Waals surface area contributed by atoms with Gasteiger partial charge in [-0.25, -0.2) is 0 Å². The Balaban J connectivity index is 1.94. The van der Waals surface area contributed by atoms with E-state index in [1.54, 1.807) is 0 Å². The molecule has 0 radical (unpaired) electrons. The minimum absolute atomic E-state index is 0.169. The zero-order chi connectivity index (χ0) is 14.7. The zero-order valence-corrected chi connectivity index (χ0v) is 11.6. The van der Waals surface area contributed by atoms with Crippen LogP contribution in [0.15, 0.2) is 24.3 Å². The van der Waals surface area contributed by atoms with Gasteiger partial charge in [-0.15, -0.1) is 0 Å². The summed E-state index contributed by atoms with van der Waals surface area (Å²) in [6.45, 7) is 4.38. The summed E-state index contributed by atoms with van der Waals surface area (Å²) in [5.74, 6) is -1.22. The molecule has 1 fully saturated rings. The van der Waals surface area contributed by atoms with Gasteiger partial charge in [0.1, 0.15) is 5.75 Å². The SMILES string of the molecule is CCOc1cccc([C@H](C)NC(=O)[C@H]2C[C@H]2C(=O)O)c1. The lowest BCUT2D eigenvalue weighted by molar-refractivity contribution is -0.140. The van der Waals surface area contributed by atoms with E-state index in [2.05, 4.69) is 5.32 Å². The van der Waals surface area contributed by atoms with Gasteiger partial charge in [-0.2, -0.15) is 0 Å². The fourth-order valence-corrected chi connectivity index (χ4v) is 2.20. The number of amides is 1. The normalized spacial score (nSPS) is 21.9. The molecule has 108 valence electrons. The van der Waals surface area contributed by atoms with Crippen LogP contribution in [0.5, 0.6) is 5.75 Å². The first kappa shape index (κ1) is 14.4. The number of aliphatic carboxylic acids is 1. The monoisotopic (exact) mass is 277 g/mol. The molecule has 2 rings (SSSR count). The third-order valence-corrected chi connectivity index (χ3v) is 3.47. The van der Waals surface area contributed by atoms with Crippen LogP contribution in [0, 0.1) is 11.8 Å². The van der Waals surface area contributed by atoms with Gasteiger partial charge < -0.3 is 15.2 Å². The molecule has 0 saturated heterocycles. The molecule has 5 nitrogen and oxygen atoms in total. The molecule has 1 aliphatic carbocycles. The Hall–Kier alpha value is -2.04. The van der Waals surface area contributed by atoms with Gasteiger partial charge >= 0.3 is 5.97 Å². The van der Waals surface area contributed by atoms with Gasteiger partial charge in [0.05, 0.1) is 24.5 Å². The van der Waals surface area contributed by atoms with Crippen molar-refractivity contribution < 1.29 is 19.4 Å². The van der Waals surface area contributed by atoms with Crippen LogP contribution in [0.3, 0.4) is 0 Å². The van der Waals surface area contributed by atoms with Crippen LogP contribution >= 0.6 is 0 Å². The molecule has 0 heterocycles. The van der Waals surface area contributed by atoms with E-state index in [1.165, 1.54) is 0 Å². The number of carboxylic acids is 1. The average Bonchev–Trinajstić information content (AvgIpc) is 3.19. The summed E-state index contributed by atoms with van der Waals surface area (Å²) in [5.41, 5.74) is 0.942. The molecule has 1 aromatic rings. The van der Waals surface area contributed by atoms with Crippen LogP contribution in [-0.4, -0.2) is 23.6 Å². The highest BCUT2D eigenvalue weighted by molar-refractivity contribution is 5.89. The molecule has 0 spiro atoms. The number of carbonyl (C=O) groups excluding carboxylic acids is 1. The topological polar surface area (TPSA) is 75.6 Å².